The van der Waals surface area contributed by atoms with Crippen LogP contribution in [0, 0.1) is 0 Å². The first-order valence-corrected chi connectivity index (χ1v) is 12.7. The number of hydrogen-bond donors (Lipinski definition) is 0. The molecule has 0 fully saturated rings. The molecule has 0 aliphatic rings. The minimum atomic E-state index is -2.62. The summed E-state index contributed by atoms with van der Waals surface area (Å²) in [7, 11) is 0. The molecule has 0 saturated heterocycles. The molecule has 4 nitrogen and oxygen atoms in total. The van der Waals surface area contributed by atoms with Crippen LogP contribution in [0.25, 0.3) is 0 Å². The van der Waals surface area contributed by atoms with Crippen LogP contribution in [0.3, 0.4) is 0 Å². The summed E-state index contributed by atoms with van der Waals surface area (Å²) in [4.78, 5) is 23.8. The van der Waals surface area contributed by atoms with Gasteiger partial charge < -0.3 is 0 Å². The number of hydrogen-bond acceptors (Lipinski definition) is 4. The quantitative estimate of drug-likeness (QED) is 0.552. The first-order valence-electron chi connectivity index (χ1n) is 7.43. The molecular formula is C16H24GeO4. The van der Waals surface area contributed by atoms with Crippen molar-refractivity contribution in [1.82, 2.24) is 0 Å². The van der Waals surface area contributed by atoms with E-state index in [1.807, 2.05) is 18.2 Å². The number of esters is 1. The predicted molar refractivity (Wildman–Crippen MR) is 84.2 cm³/mol. The zero-order valence-corrected chi connectivity index (χ0v) is 15.3. The van der Waals surface area contributed by atoms with Gasteiger partial charge in [-0.3, -0.25) is 0 Å². The summed E-state index contributed by atoms with van der Waals surface area (Å²) in [5.74, 6) is -0.912. The summed E-state index contributed by atoms with van der Waals surface area (Å²) >= 11 is -2.62. The van der Waals surface area contributed by atoms with Gasteiger partial charge >= 0.3 is 129 Å². The normalized spacial score (nSPS) is 12.6. The number of carbonyl (C=O) groups is 2. The molecule has 0 saturated carbocycles. The summed E-state index contributed by atoms with van der Waals surface area (Å²) in [6.45, 7) is 7.52. The minimum absolute atomic E-state index is 0.429. The van der Waals surface area contributed by atoms with E-state index in [2.05, 4.69) is 20.8 Å². The molecule has 116 valence electrons. The predicted octanol–water partition coefficient (Wildman–Crippen LogP) is 3.84. The molecule has 0 aliphatic heterocycles. The van der Waals surface area contributed by atoms with Crippen LogP contribution >= 0.6 is 0 Å². The van der Waals surface area contributed by atoms with Crippen molar-refractivity contribution in [2.45, 2.75) is 49.6 Å². The fraction of sp³-hybridized carbons (Fsp3) is 0.500. The van der Waals surface area contributed by atoms with E-state index in [1.54, 1.807) is 12.1 Å². The number of ether oxygens (including phenoxy) is 1. The van der Waals surface area contributed by atoms with Gasteiger partial charge in [-0.2, -0.15) is 0 Å². The van der Waals surface area contributed by atoms with Gasteiger partial charge in [0, 0.05) is 0 Å². The summed E-state index contributed by atoms with van der Waals surface area (Å²) in [6.07, 6.45) is -0.960. The maximum absolute atomic E-state index is 12.5. The van der Waals surface area contributed by atoms with Crippen LogP contribution in [0.2, 0.25) is 15.8 Å². The van der Waals surface area contributed by atoms with Crippen molar-refractivity contribution < 1.29 is 18.1 Å². The van der Waals surface area contributed by atoms with E-state index in [-0.39, 0.29) is 0 Å². The van der Waals surface area contributed by atoms with E-state index in [9.17, 15) is 9.59 Å². The molecule has 0 amide bonds. The number of rotatable bonds is 7. The van der Waals surface area contributed by atoms with Crippen molar-refractivity contribution in [1.29, 1.82) is 0 Å². The molecule has 1 aromatic carbocycles. The van der Waals surface area contributed by atoms with Gasteiger partial charge in [0.05, 0.1) is 0 Å². The second-order valence-corrected chi connectivity index (χ2v) is 14.9. The van der Waals surface area contributed by atoms with Gasteiger partial charge in [-0.1, -0.05) is 0 Å². The number of carbonyl (C=O) groups excluding carboxylic acids is 2. The van der Waals surface area contributed by atoms with E-state index in [1.165, 1.54) is 6.92 Å². The average Bonchev–Trinajstić information content (AvgIpc) is 2.51. The fourth-order valence-corrected chi connectivity index (χ4v) is 7.46. The third-order valence-corrected chi connectivity index (χ3v) is 13.3. The van der Waals surface area contributed by atoms with Gasteiger partial charge in [-0.15, -0.1) is 0 Å². The molecule has 1 rings (SSSR count). The average molecular weight is 353 g/mol. The van der Waals surface area contributed by atoms with Gasteiger partial charge in [0.25, 0.3) is 0 Å². The summed E-state index contributed by atoms with van der Waals surface area (Å²) < 4.78 is 11.1. The van der Waals surface area contributed by atoms with E-state index in [0.29, 0.717) is 5.56 Å². The topological polar surface area (TPSA) is 52.6 Å². The van der Waals surface area contributed by atoms with E-state index >= 15 is 0 Å². The van der Waals surface area contributed by atoms with Crippen molar-refractivity contribution in [2.75, 3.05) is 0 Å². The molecule has 0 aliphatic carbocycles. The number of benzene rings is 1. The van der Waals surface area contributed by atoms with Crippen LogP contribution < -0.4 is 0 Å². The summed E-state index contributed by atoms with van der Waals surface area (Å²) in [5, 5.41) is 2.75. The van der Waals surface area contributed by atoms with Crippen molar-refractivity contribution in [3.8, 4) is 0 Å². The van der Waals surface area contributed by atoms with Crippen molar-refractivity contribution in [3.05, 3.63) is 35.9 Å². The van der Waals surface area contributed by atoms with E-state index in [0.717, 1.165) is 15.8 Å². The Hall–Kier alpha value is -1.30. The van der Waals surface area contributed by atoms with E-state index in [4.69, 9.17) is 8.50 Å². The molecule has 5 heteroatoms. The molecule has 1 aromatic rings. The molecular weight excluding hydrogens is 329 g/mol. The Balaban J connectivity index is 2.98. The Labute approximate surface area is 129 Å². The molecule has 1 unspecified atom stereocenters. The zero-order valence-electron chi connectivity index (χ0n) is 13.2. The maximum atomic E-state index is 12.5. The zero-order chi connectivity index (χ0) is 15.9. The first kappa shape index (κ1) is 17.8. The van der Waals surface area contributed by atoms with Crippen LogP contribution in [0.5, 0.6) is 0 Å². The fourth-order valence-electron chi connectivity index (χ4n) is 2.28. The van der Waals surface area contributed by atoms with Crippen molar-refractivity contribution >= 4 is 25.5 Å². The van der Waals surface area contributed by atoms with Gasteiger partial charge in [-0.05, 0) is 0 Å². The molecule has 0 N–H and O–H groups in total. The second kappa shape index (κ2) is 8.22. The van der Waals surface area contributed by atoms with Gasteiger partial charge in [0.2, 0.25) is 0 Å². The third-order valence-electron chi connectivity index (χ3n) is 3.85. The second-order valence-electron chi connectivity index (χ2n) is 5.06. The van der Waals surface area contributed by atoms with Gasteiger partial charge in [0.15, 0.2) is 0 Å². The Kier molecular flexibility index (Phi) is 6.95. The van der Waals surface area contributed by atoms with Crippen LogP contribution in [-0.4, -0.2) is 25.5 Å². The SMILES string of the molecule is C[CH2][Ge]([CH2]C)([CH2]C)[O]C(=O)C(OC(C)=O)c1ccccc1. The van der Waals surface area contributed by atoms with Gasteiger partial charge in [0.1, 0.15) is 0 Å². The first-order chi connectivity index (χ1) is 9.98. The molecule has 0 spiro atoms. The molecule has 21 heavy (non-hydrogen) atoms. The van der Waals surface area contributed by atoms with Crippen molar-refractivity contribution in [3.63, 3.8) is 0 Å². The monoisotopic (exact) mass is 354 g/mol. The molecule has 0 heterocycles. The van der Waals surface area contributed by atoms with E-state index < -0.39 is 31.6 Å². The summed E-state index contributed by atoms with van der Waals surface area (Å²) in [5.41, 5.74) is 0.650. The molecule has 0 bridgehead atoms. The molecule has 0 radical (unpaired) electrons. The Bertz CT molecular complexity index is 460. The Morgan fingerprint density at radius 3 is 2.00 bits per heavy atom. The third kappa shape index (κ3) is 4.88. The van der Waals surface area contributed by atoms with Crippen LogP contribution in [0.15, 0.2) is 30.3 Å². The molecule has 1 atom stereocenters. The van der Waals surface area contributed by atoms with Crippen LogP contribution in [0.1, 0.15) is 39.4 Å². The molecule has 0 aromatic heterocycles. The van der Waals surface area contributed by atoms with Crippen LogP contribution in [-0.2, 0) is 18.1 Å². The van der Waals surface area contributed by atoms with Gasteiger partial charge in [-0.25, -0.2) is 0 Å². The van der Waals surface area contributed by atoms with Crippen LogP contribution in [0.4, 0.5) is 0 Å². The standard InChI is InChI=1S/C16H24GeO4/c1-5-17(6-2,7-3)21-16(19)15(20-13(4)18)14-11-9-8-10-12-14/h8-12,15H,5-7H2,1-4H3. The Morgan fingerprint density at radius 1 is 1.05 bits per heavy atom. The summed E-state index contributed by atoms with van der Waals surface area (Å²) in [6, 6.07) is 9.02. The van der Waals surface area contributed by atoms with Crippen molar-refractivity contribution in [2.24, 2.45) is 0 Å². The Morgan fingerprint density at radius 2 is 1.57 bits per heavy atom.